The largest absolute Gasteiger partial charge is 0.496 e. The van der Waals surface area contributed by atoms with Crippen molar-refractivity contribution in [2.45, 2.75) is 20.0 Å². The van der Waals surface area contributed by atoms with Gasteiger partial charge in [-0.05, 0) is 57.7 Å². The fourth-order valence-electron chi connectivity index (χ4n) is 2.01. The lowest BCUT2D eigenvalue weighted by Crippen LogP contribution is -1.99. The maximum absolute atomic E-state index is 5.86. The molecule has 4 heteroatoms. The van der Waals surface area contributed by atoms with E-state index >= 15 is 0 Å². The van der Waals surface area contributed by atoms with Gasteiger partial charge in [-0.2, -0.15) is 0 Å². The number of hydrogen-bond donors (Lipinski definition) is 0. The summed E-state index contributed by atoms with van der Waals surface area (Å²) in [4.78, 5) is 0. The van der Waals surface area contributed by atoms with Gasteiger partial charge in [-0.25, -0.2) is 0 Å². The lowest BCUT2D eigenvalue weighted by Gasteiger charge is -2.12. The Morgan fingerprint density at radius 2 is 1.52 bits per heavy atom. The molecule has 0 aliphatic rings. The van der Waals surface area contributed by atoms with Gasteiger partial charge in [0.15, 0.2) is 11.5 Å². The quantitative estimate of drug-likeness (QED) is 0.761. The van der Waals surface area contributed by atoms with Crippen LogP contribution in [0.3, 0.4) is 0 Å². The van der Waals surface area contributed by atoms with Crippen molar-refractivity contribution in [1.29, 1.82) is 0 Å². The van der Waals surface area contributed by atoms with E-state index in [1.54, 1.807) is 14.2 Å². The second-order valence-corrected chi connectivity index (χ2v) is 5.45. The molecule has 112 valence electrons. The molecule has 0 aromatic heterocycles. The molecule has 0 spiro atoms. The van der Waals surface area contributed by atoms with Gasteiger partial charge in [0.25, 0.3) is 0 Å². The highest BCUT2D eigenvalue weighted by atomic mass is 79.9. The molecule has 0 atom stereocenters. The Morgan fingerprint density at radius 3 is 2.14 bits per heavy atom. The summed E-state index contributed by atoms with van der Waals surface area (Å²) in [5.74, 6) is 2.33. The molecule has 0 N–H and O–H groups in total. The maximum Gasteiger partial charge on any atom is 0.161 e. The molecular formula is C17H19BrO3. The summed E-state index contributed by atoms with van der Waals surface area (Å²) in [6, 6.07) is 11.9. The zero-order chi connectivity index (χ0) is 15.2. The van der Waals surface area contributed by atoms with Crippen molar-refractivity contribution in [2.24, 2.45) is 0 Å². The molecule has 0 aliphatic heterocycles. The number of aryl methyl sites for hydroxylation is 1. The Labute approximate surface area is 134 Å². The first-order chi connectivity index (χ1) is 10.2. The molecule has 0 radical (unpaired) electrons. The molecule has 0 amide bonds. The summed E-state index contributed by atoms with van der Waals surface area (Å²) >= 11 is 3.48. The fourth-order valence-corrected chi connectivity index (χ4v) is 2.60. The SMILES string of the molecule is CCc1ccc(OCc2ccc(OC)c(Br)c2)c(OC)c1. The molecule has 2 aromatic carbocycles. The lowest BCUT2D eigenvalue weighted by atomic mass is 10.1. The molecule has 0 aliphatic carbocycles. The third-order valence-electron chi connectivity index (χ3n) is 3.25. The van der Waals surface area contributed by atoms with Crippen molar-refractivity contribution in [2.75, 3.05) is 14.2 Å². The molecule has 0 unspecified atom stereocenters. The van der Waals surface area contributed by atoms with Crippen LogP contribution in [0.1, 0.15) is 18.1 Å². The van der Waals surface area contributed by atoms with E-state index in [2.05, 4.69) is 28.9 Å². The van der Waals surface area contributed by atoms with Gasteiger partial charge >= 0.3 is 0 Å². The van der Waals surface area contributed by atoms with Crippen LogP contribution in [-0.2, 0) is 13.0 Å². The number of hydrogen-bond acceptors (Lipinski definition) is 3. The van der Waals surface area contributed by atoms with Gasteiger partial charge < -0.3 is 14.2 Å². The number of halogens is 1. The number of benzene rings is 2. The zero-order valence-corrected chi connectivity index (χ0v) is 14.1. The van der Waals surface area contributed by atoms with E-state index in [0.717, 1.165) is 33.7 Å². The third-order valence-corrected chi connectivity index (χ3v) is 3.87. The van der Waals surface area contributed by atoms with E-state index in [0.29, 0.717) is 6.61 Å². The van der Waals surface area contributed by atoms with Crippen LogP contribution in [0, 0.1) is 0 Å². The predicted octanol–water partition coefficient (Wildman–Crippen LogP) is 4.61. The van der Waals surface area contributed by atoms with Crippen molar-refractivity contribution < 1.29 is 14.2 Å². The van der Waals surface area contributed by atoms with Gasteiger partial charge in [0, 0.05) is 0 Å². The van der Waals surface area contributed by atoms with Gasteiger partial charge in [0.2, 0.25) is 0 Å². The van der Waals surface area contributed by atoms with Crippen LogP contribution in [0.5, 0.6) is 17.2 Å². The Morgan fingerprint density at radius 1 is 0.857 bits per heavy atom. The highest BCUT2D eigenvalue weighted by Crippen LogP contribution is 2.30. The van der Waals surface area contributed by atoms with E-state index in [9.17, 15) is 0 Å². The summed E-state index contributed by atoms with van der Waals surface area (Å²) in [5, 5.41) is 0. The number of ether oxygens (including phenoxy) is 3. The smallest absolute Gasteiger partial charge is 0.161 e. The first kappa shape index (κ1) is 15.7. The average molecular weight is 351 g/mol. The van der Waals surface area contributed by atoms with Gasteiger partial charge in [-0.15, -0.1) is 0 Å². The van der Waals surface area contributed by atoms with Crippen molar-refractivity contribution in [3.8, 4) is 17.2 Å². The average Bonchev–Trinajstić information content (AvgIpc) is 2.52. The molecule has 21 heavy (non-hydrogen) atoms. The van der Waals surface area contributed by atoms with Crippen molar-refractivity contribution >= 4 is 15.9 Å². The highest BCUT2D eigenvalue weighted by molar-refractivity contribution is 9.10. The van der Waals surface area contributed by atoms with Crippen LogP contribution in [0.25, 0.3) is 0 Å². The topological polar surface area (TPSA) is 27.7 Å². The van der Waals surface area contributed by atoms with Crippen LogP contribution in [0.15, 0.2) is 40.9 Å². The lowest BCUT2D eigenvalue weighted by molar-refractivity contribution is 0.284. The summed E-state index contributed by atoms with van der Waals surface area (Å²) in [5.41, 5.74) is 2.29. The molecule has 0 saturated heterocycles. The maximum atomic E-state index is 5.86. The second-order valence-electron chi connectivity index (χ2n) is 4.60. The predicted molar refractivity (Wildman–Crippen MR) is 87.4 cm³/mol. The standard InChI is InChI=1S/C17H19BrO3/c1-4-12-5-8-16(17(10-12)20-3)21-11-13-6-7-15(19-2)14(18)9-13/h5-10H,4,11H2,1-3H3. The van der Waals surface area contributed by atoms with Gasteiger partial charge in [-0.1, -0.05) is 19.1 Å². The third kappa shape index (κ3) is 3.91. The van der Waals surface area contributed by atoms with Crippen LogP contribution in [-0.4, -0.2) is 14.2 Å². The molecule has 0 fully saturated rings. The minimum atomic E-state index is 0.477. The molecule has 0 heterocycles. The summed E-state index contributed by atoms with van der Waals surface area (Å²) in [6.45, 7) is 2.59. The van der Waals surface area contributed by atoms with E-state index in [1.807, 2.05) is 30.3 Å². The first-order valence-electron chi connectivity index (χ1n) is 6.80. The summed E-state index contributed by atoms with van der Waals surface area (Å²) in [7, 11) is 3.31. The molecular weight excluding hydrogens is 332 g/mol. The first-order valence-corrected chi connectivity index (χ1v) is 7.59. The summed E-state index contributed by atoms with van der Waals surface area (Å²) < 4.78 is 17.4. The fraction of sp³-hybridized carbons (Fsp3) is 0.294. The molecule has 3 nitrogen and oxygen atoms in total. The van der Waals surface area contributed by atoms with Crippen LogP contribution in [0.2, 0.25) is 0 Å². The zero-order valence-electron chi connectivity index (χ0n) is 12.5. The molecule has 0 bridgehead atoms. The van der Waals surface area contributed by atoms with Crippen LogP contribution < -0.4 is 14.2 Å². The second kappa shape index (κ2) is 7.36. The van der Waals surface area contributed by atoms with E-state index in [1.165, 1.54) is 5.56 Å². The van der Waals surface area contributed by atoms with Crippen molar-refractivity contribution in [3.63, 3.8) is 0 Å². The number of methoxy groups -OCH3 is 2. The molecule has 2 aromatic rings. The summed E-state index contributed by atoms with van der Waals surface area (Å²) in [6.07, 6.45) is 0.974. The van der Waals surface area contributed by atoms with Gasteiger partial charge in [0.05, 0.1) is 18.7 Å². The molecule has 0 saturated carbocycles. The van der Waals surface area contributed by atoms with E-state index in [4.69, 9.17) is 14.2 Å². The van der Waals surface area contributed by atoms with E-state index in [-0.39, 0.29) is 0 Å². The van der Waals surface area contributed by atoms with Crippen LogP contribution >= 0.6 is 15.9 Å². The van der Waals surface area contributed by atoms with Crippen LogP contribution in [0.4, 0.5) is 0 Å². The normalized spacial score (nSPS) is 10.3. The Bertz CT molecular complexity index is 611. The van der Waals surface area contributed by atoms with Gasteiger partial charge in [0.1, 0.15) is 12.4 Å². The minimum absolute atomic E-state index is 0.477. The minimum Gasteiger partial charge on any atom is -0.496 e. The Hall–Kier alpha value is -1.68. The number of rotatable bonds is 6. The van der Waals surface area contributed by atoms with E-state index < -0.39 is 0 Å². The highest BCUT2D eigenvalue weighted by Gasteiger charge is 2.07. The van der Waals surface area contributed by atoms with Crippen molar-refractivity contribution in [3.05, 3.63) is 52.0 Å². The van der Waals surface area contributed by atoms with Gasteiger partial charge in [-0.3, -0.25) is 0 Å². The Kier molecular flexibility index (Phi) is 5.51. The molecule has 2 rings (SSSR count). The van der Waals surface area contributed by atoms with Crippen molar-refractivity contribution in [1.82, 2.24) is 0 Å². The monoisotopic (exact) mass is 350 g/mol. The Balaban J connectivity index is 2.10.